The first-order chi connectivity index (χ1) is 7.59. The summed E-state index contributed by atoms with van der Waals surface area (Å²) in [4.78, 5) is 0. The number of rotatable bonds is 6. The van der Waals surface area contributed by atoms with Gasteiger partial charge in [-0.05, 0) is 38.5 Å². The van der Waals surface area contributed by atoms with Crippen LogP contribution >= 0.6 is 0 Å². The molecule has 2 N–H and O–H groups in total. The summed E-state index contributed by atoms with van der Waals surface area (Å²) in [5.41, 5.74) is 7.54. The minimum absolute atomic E-state index is 0.0800. The van der Waals surface area contributed by atoms with E-state index < -0.39 is 0 Å². The van der Waals surface area contributed by atoms with Gasteiger partial charge in [-0.25, -0.2) is 0 Å². The zero-order valence-corrected chi connectivity index (χ0v) is 10.3. The van der Waals surface area contributed by atoms with Crippen LogP contribution < -0.4 is 5.73 Å². The molecule has 16 heavy (non-hydrogen) atoms. The van der Waals surface area contributed by atoms with Gasteiger partial charge in [0.2, 0.25) is 0 Å². The lowest BCUT2D eigenvalue weighted by Crippen LogP contribution is -2.11. The molecule has 1 atom stereocenters. The number of hydrogen-bond acceptors (Lipinski definition) is 3. The quantitative estimate of drug-likeness (QED) is 0.595. The highest BCUT2D eigenvalue weighted by Gasteiger charge is 2.05. The van der Waals surface area contributed by atoms with Gasteiger partial charge in [0.05, 0.1) is 25.4 Å². The van der Waals surface area contributed by atoms with E-state index in [0.717, 1.165) is 11.3 Å². The molecule has 90 valence electrons. The summed E-state index contributed by atoms with van der Waals surface area (Å²) < 4.78 is 11.1. The van der Waals surface area contributed by atoms with Crippen LogP contribution in [0.1, 0.15) is 32.4 Å². The van der Waals surface area contributed by atoms with Gasteiger partial charge in [0, 0.05) is 5.69 Å². The fourth-order valence-corrected chi connectivity index (χ4v) is 1.37. The van der Waals surface area contributed by atoms with Gasteiger partial charge in [0.25, 0.3) is 0 Å². The van der Waals surface area contributed by atoms with E-state index >= 15 is 0 Å². The Morgan fingerprint density at radius 1 is 1.00 bits per heavy atom. The standard InChI is InChI=1S/C13H21NO2/c1-10(2)15-8-9-16-11(3)12-4-6-13(14)7-5-12/h4-7,10-11H,8-9,14H2,1-3H3. The van der Waals surface area contributed by atoms with Crippen LogP contribution in [0.5, 0.6) is 0 Å². The Labute approximate surface area is 97.6 Å². The highest BCUT2D eigenvalue weighted by Crippen LogP contribution is 2.17. The van der Waals surface area contributed by atoms with Gasteiger partial charge in [-0.1, -0.05) is 12.1 Å². The highest BCUT2D eigenvalue weighted by atomic mass is 16.5. The molecule has 1 aromatic rings. The molecule has 3 nitrogen and oxygen atoms in total. The summed E-state index contributed by atoms with van der Waals surface area (Å²) in [5.74, 6) is 0. The van der Waals surface area contributed by atoms with Gasteiger partial charge in [-0.3, -0.25) is 0 Å². The molecular weight excluding hydrogens is 202 g/mol. The fraction of sp³-hybridized carbons (Fsp3) is 0.538. The van der Waals surface area contributed by atoms with Crippen molar-refractivity contribution < 1.29 is 9.47 Å². The Morgan fingerprint density at radius 3 is 2.12 bits per heavy atom. The van der Waals surface area contributed by atoms with Crippen molar-refractivity contribution >= 4 is 5.69 Å². The van der Waals surface area contributed by atoms with Gasteiger partial charge in [0.1, 0.15) is 0 Å². The number of nitrogens with two attached hydrogens (primary N) is 1. The highest BCUT2D eigenvalue weighted by molar-refractivity contribution is 5.39. The largest absolute Gasteiger partial charge is 0.399 e. The first kappa shape index (κ1) is 13.0. The third kappa shape index (κ3) is 4.64. The van der Waals surface area contributed by atoms with Gasteiger partial charge in [-0.15, -0.1) is 0 Å². The molecule has 1 aromatic carbocycles. The summed E-state index contributed by atoms with van der Waals surface area (Å²) in [6, 6.07) is 7.76. The third-order valence-electron chi connectivity index (χ3n) is 2.31. The molecule has 1 unspecified atom stereocenters. The molecule has 0 aliphatic rings. The Morgan fingerprint density at radius 2 is 1.56 bits per heavy atom. The molecule has 0 fully saturated rings. The predicted molar refractivity (Wildman–Crippen MR) is 66.3 cm³/mol. The second-order valence-electron chi connectivity index (χ2n) is 4.10. The molecule has 0 radical (unpaired) electrons. The van der Waals surface area contributed by atoms with E-state index in [9.17, 15) is 0 Å². The third-order valence-corrected chi connectivity index (χ3v) is 2.31. The van der Waals surface area contributed by atoms with Crippen LogP contribution in [0.15, 0.2) is 24.3 Å². The molecule has 0 saturated carbocycles. The van der Waals surface area contributed by atoms with Gasteiger partial charge in [0.15, 0.2) is 0 Å². The fourth-order valence-electron chi connectivity index (χ4n) is 1.37. The van der Waals surface area contributed by atoms with E-state index in [2.05, 4.69) is 0 Å². The molecule has 0 spiro atoms. The maximum absolute atomic E-state index is 5.65. The zero-order chi connectivity index (χ0) is 12.0. The molecule has 0 heterocycles. The minimum Gasteiger partial charge on any atom is -0.399 e. The van der Waals surface area contributed by atoms with E-state index in [1.807, 2.05) is 45.0 Å². The van der Waals surface area contributed by atoms with E-state index in [4.69, 9.17) is 15.2 Å². The molecular formula is C13H21NO2. The van der Waals surface area contributed by atoms with Gasteiger partial charge in [-0.2, -0.15) is 0 Å². The summed E-state index contributed by atoms with van der Waals surface area (Å²) in [6.45, 7) is 7.31. The van der Waals surface area contributed by atoms with Crippen molar-refractivity contribution in [3.8, 4) is 0 Å². The number of hydrogen-bond donors (Lipinski definition) is 1. The normalized spacial score (nSPS) is 13.0. The Bertz CT molecular complexity index is 295. The zero-order valence-electron chi connectivity index (χ0n) is 10.3. The first-order valence-electron chi connectivity index (χ1n) is 5.68. The molecule has 0 aromatic heterocycles. The number of anilines is 1. The average Bonchev–Trinajstić information content (AvgIpc) is 2.25. The summed E-state index contributed by atoms with van der Waals surface area (Å²) in [6.07, 6.45) is 0.340. The van der Waals surface area contributed by atoms with E-state index in [1.165, 1.54) is 0 Å². The lowest BCUT2D eigenvalue weighted by atomic mass is 10.1. The van der Waals surface area contributed by atoms with Crippen molar-refractivity contribution in [3.05, 3.63) is 29.8 Å². The Balaban J connectivity index is 2.29. The number of benzene rings is 1. The van der Waals surface area contributed by atoms with Crippen LogP contribution in [0, 0.1) is 0 Å². The van der Waals surface area contributed by atoms with Crippen LogP contribution in [-0.4, -0.2) is 19.3 Å². The lowest BCUT2D eigenvalue weighted by Gasteiger charge is -2.14. The van der Waals surface area contributed by atoms with Crippen molar-refractivity contribution in [1.29, 1.82) is 0 Å². The Kier molecular flexibility index (Phi) is 5.29. The van der Waals surface area contributed by atoms with Crippen molar-refractivity contribution in [2.75, 3.05) is 18.9 Å². The van der Waals surface area contributed by atoms with Gasteiger partial charge >= 0.3 is 0 Å². The molecule has 0 aliphatic heterocycles. The molecule has 1 rings (SSSR count). The molecule has 0 bridgehead atoms. The van der Waals surface area contributed by atoms with Gasteiger partial charge < -0.3 is 15.2 Å². The van der Waals surface area contributed by atoms with Crippen molar-refractivity contribution in [3.63, 3.8) is 0 Å². The monoisotopic (exact) mass is 223 g/mol. The lowest BCUT2D eigenvalue weighted by molar-refractivity contribution is -0.00738. The van der Waals surface area contributed by atoms with Crippen LogP contribution in [0.25, 0.3) is 0 Å². The second-order valence-corrected chi connectivity index (χ2v) is 4.10. The second kappa shape index (κ2) is 6.51. The topological polar surface area (TPSA) is 44.5 Å². The molecule has 3 heteroatoms. The molecule has 0 amide bonds. The predicted octanol–water partition coefficient (Wildman–Crippen LogP) is 2.77. The van der Waals surface area contributed by atoms with Crippen molar-refractivity contribution in [2.24, 2.45) is 0 Å². The minimum atomic E-state index is 0.0800. The summed E-state index contributed by atoms with van der Waals surface area (Å²) in [5, 5.41) is 0. The molecule has 0 saturated heterocycles. The summed E-state index contributed by atoms with van der Waals surface area (Å²) >= 11 is 0. The van der Waals surface area contributed by atoms with Crippen molar-refractivity contribution in [2.45, 2.75) is 33.0 Å². The van der Waals surface area contributed by atoms with Crippen LogP contribution in [0.3, 0.4) is 0 Å². The first-order valence-corrected chi connectivity index (χ1v) is 5.68. The van der Waals surface area contributed by atoms with E-state index in [-0.39, 0.29) is 12.2 Å². The van der Waals surface area contributed by atoms with Crippen molar-refractivity contribution in [1.82, 2.24) is 0 Å². The van der Waals surface area contributed by atoms with Crippen LogP contribution in [0.2, 0.25) is 0 Å². The van der Waals surface area contributed by atoms with Crippen LogP contribution in [-0.2, 0) is 9.47 Å². The van der Waals surface area contributed by atoms with E-state index in [1.54, 1.807) is 0 Å². The van der Waals surface area contributed by atoms with E-state index in [0.29, 0.717) is 13.2 Å². The molecule has 0 aliphatic carbocycles. The number of ether oxygens (including phenoxy) is 2. The average molecular weight is 223 g/mol. The number of nitrogen functional groups attached to an aromatic ring is 1. The smallest absolute Gasteiger partial charge is 0.0798 e. The summed E-state index contributed by atoms with van der Waals surface area (Å²) in [7, 11) is 0. The maximum Gasteiger partial charge on any atom is 0.0798 e. The SMILES string of the molecule is CC(C)OCCOC(C)c1ccc(N)cc1. The Hall–Kier alpha value is -1.06. The van der Waals surface area contributed by atoms with Crippen LogP contribution in [0.4, 0.5) is 5.69 Å². The maximum atomic E-state index is 5.65.